The van der Waals surface area contributed by atoms with Crippen LogP contribution >= 0.6 is 0 Å². The van der Waals surface area contributed by atoms with Crippen LogP contribution in [0.3, 0.4) is 0 Å². The fourth-order valence-electron chi connectivity index (χ4n) is 1.53. The average Bonchev–Trinajstić information content (AvgIpc) is 2.88. The van der Waals surface area contributed by atoms with Crippen molar-refractivity contribution < 1.29 is 13.2 Å². The van der Waals surface area contributed by atoms with Gasteiger partial charge in [-0.1, -0.05) is 0 Å². The zero-order valence-corrected chi connectivity index (χ0v) is 8.81. The van der Waals surface area contributed by atoms with Crippen molar-refractivity contribution in [3.63, 3.8) is 0 Å². The van der Waals surface area contributed by atoms with Gasteiger partial charge in [0.2, 0.25) is 11.3 Å². The van der Waals surface area contributed by atoms with E-state index in [0.717, 1.165) is 12.1 Å². The fourth-order valence-corrected chi connectivity index (χ4v) is 1.53. The first-order chi connectivity index (χ1) is 8.54. The van der Waals surface area contributed by atoms with E-state index in [1.165, 1.54) is 23.3 Å². The fraction of sp³-hybridized carbons (Fsp3) is 0.100. The van der Waals surface area contributed by atoms with Crippen molar-refractivity contribution in [2.45, 2.75) is 6.18 Å². The van der Waals surface area contributed by atoms with E-state index in [2.05, 4.69) is 20.2 Å². The monoisotopic (exact) mass is 253 g/mol. The standard InChI is InChI=1S/C10H6F3N5/c11-10(12,13)6-1-3-7(4-2-6)18-16-8-9(17-18)15-5-14-8/h1-5H,(H,14,15,16,17). The van der Waals surface area contributed by atoms with Crippen LogP contribution in [-0.4, -0.2) is 25.0 Å². The molecule has 3 rings (SSSR count). The molecule has 0 spiro atoms. The highest BCUT2D eigenvalue weighted by Gasteiger charge is 2.30. The Kier molecular flexibility index (Phi) is 2.12. The van der Waals surface area contributed by atoms with Crippen molar-refractivity contribution in [2.75, 3.05) is 0 Å². The number of rotatable bonds is 1. The highest BCUT2D eigenvalue weighted by atomic mass is 19.4. The van der Waals surface area contributed by atoms with Gasteiger partial charge in [0.15, 0.2) is 0 Å². The number of nitrogens with zero attached hydrogens (tertiary/aromatic N) is 4. The van der Waals surface area contributed by atoms with Crippen molar-refractivity contribution in [3.05, 3.63) is 36.2 Å². The lowest BCUT2D eigenvalue weighted by molar-refractivity contribution is -0.137. The maximum Gasteiger partial charge on any atom is 0.416 e. The van der Waals surface area contributed by atoms with E-state index in [0.29, 0.717) is 17.0 Å². The summed E-state index contributed by atoms with van der Waals surface area (Å²) in [6.45, 7) is 0. The van der Waals surface area contributed by atoms with Crippen LogP contribution in [0.25, 0.3) is 17.0 Å². The van der Waals surface area contributed by atoms with E-state index >= 15 is 0 Å². The van der Waals surface area contributed by atoms with Gasteiger partial charge in [-0.15, -0.1) is 15.0 Å². The van der Waals surface area contributed by atoms with Crippen LogP contribution in [0.15, 0.2) is 30.6 Å². The maximum atomic E-state index is 12.4. The molecule has 0 bridgehead atoms. The van der Waals surface area contributed by atoms with E-state index in [4.69, 9.17) is 0 Å². The van der Waals surface area contributed by atoms with Crippen molar-refractivity contribution in [1.82, 2.24) is 25.0 Å². The molecule has 0 atom stereocenters. The van der Waals surface area contributed by atoms with Crippen molar-refractivity contribution in [1.29, 1.82) is 0 Å². The quantitative estimate of drug-likeness (QED) is 0.723. The Hall–Kier alpha value is -2.38. The predicted molar refractivity (Wildman–Crippen MR) is 56.0 cm³/mol. The molecule has 2 heterocycles. The number of alkyl halides is 3. The van der Waals surface area contributed by atoms with Crippen LogP contribution in [0.1, 0.15) is 5.56 Å². The van der Waals surface area contributed by atoms with E-state index in [-0.39, 0.29) is 0 Å². The van der Waals surface area contributed by atoms with Gasteiger partial charge in [-0.2, -0.15) is 13.2 Å². The molecule has 0 aliphatic carbocycles. The van der Waals surface area contributed by atoms with Gasteiger partial charge in [-0.05, 0) is 24.3 Å². The minimum absolute atomic E-state index is 0.412. The molecule has 1 aromatic carbocycles. The summed E-state index contributed by atoms with van der Waals surface area (Å²) in [6, 6.07) is 4.59. The highest BCUT2D eigenvalue weighted by Crippen LogP contribution is 2.29. The number of aromatic amines is 1. The third kappa shape index (κ3) is 1.71. The number of fused-ring (bicyclic) bond motifs is 1. The number of hydrogen-bond donors (Lipinski definition) is 1. The molecule has 0 fully saturated rings. The molecular weight excluding hydrogens is 247 g/mol. The van der Waals surface area contributed by atoms with Gasteiger partial charge < -0.3 is 4.98 Å². The molecule has 0 radical (unpaired) electrons. The molecule has 3 aromatic rings. The van der Waals surface area contributed by atoms with Crippen LogP contribution in [0.5, 0.6) is 0 Å². The Balaban J connectivity index is 2.00. The van der Waals surface area contributed by atoms with Crippen LogP contribution in [-0.2, 0) is 6.18 Å². The van der Waals surface area contributed by atoms with Crippen LogP contribution in [0.2, 0.25) is 0 Å². The molecule has 0 saturated heterocycles. The number of hydrogen-bond acceptors (Lipinski definition) is 3. The first-order valence-electron chi connectivity index (χ1n) is 4.98. The molecule has 0 amide bonds. The van der Waals surface area contributed by atoms with Gasteiger partial charge >= 0.3 is 6.18 Å². The lowest BCUT2D eigenvalue weighted by Crippen LogP contribution is -2.05. The summed E-state index contributed by atoms with van der Waals surface area (Å²) in [6.07, 6.45) is -2.90. The molecule has 0 unspecified atom stereocenters. The largest absolute Gasteiger partial charge is 0.416 e. The number of benzene rings is 1. The zero-order chi connectivity index (χ0) is 12.8. The minimum Gasteiger partial charge on any atom is -0.326 e. The SMILES string of the molecule is FC(F)(F)c1ccc(-n2nc3nc[nH]c3n2)cc1. The van der Waals surface area contributed by atoms with Crippen molar-refractivity contribution in [3.8, 4) is 5.69 Å². The molecular formula is C10H6F3N5. The molecule has 0 saturated carbocycles. The van der Waals surface area contributed by atoms with Gasteiger partial charge in [-0.3, -0.25) is 0 Å². The normalized spacial score (nSPS) is 12.2. The highest BCUT2D eigenvalue weighted by molar-refractivity contribution is 5.63. The third-order valence-corrected chi connectivity index (χ3v) is 2.41. The Labute approximate surface area is 98.3 Å². The molecule has 2 aromatic heterocycles. The number of H-pyrrole nitrogens is 1. The first-order valence-corrected chi connectivity index (χ1v) is 4.98. The van der Waals surface area contributed by atoms with Gasteiger partial charge in [0, 0.05) is 0 Å². The average molecular weight is 253 g/mol. The van der Waals surface area contributed by atoms with Crippen molar-refractivity contribution in [2.24, 2.45) is 0 Å². The third-order valence-electron chi connectivity index (χ3n) is 2.41. The molecule has 1 N–H and O–H groups in total. The molecule has 0 aliphatic heterocycles. The number of halogens is 3. The molecule has 92 valence electrons. The summed E-state index contributed by atoms with van der Waals surface area (Å²) in [5, 5.41) is 8.06. The van der Waals surface area contributed by atoms with Crippen LogP contribution < -0.4 is 0 Å². The Morgan fingerprint density at radius 3 is 2.39 bits per heavy atom. The van der Waals surface area contributed by atoms with Crippen molar-refractivity contribution >= 4 is 11.3 Å². The van der Waals surface area contributed by atoms with Gasteiger partial charge in [0.05, 0.1) is 17.6 Å². The first kappa shape index (κ1) is 10.8. The van der Waals surface area contributed by atoms with Gasteiger partial charge in [-0.25, -0.2) is 4.98 Å². The van der Waals surface area contributed by atoms with Crippen LogP contribution in [0, 0.1) is 0 Å². The number of imidazole rings is 1. The summed E-state index contributed by atoms with van der Waals surface area (Å²) >= 11 is 0. The minimum atomic E-state index is -4.34. The lowest BCUT2D eigenvalue weighted by Gasteiger charge is -2.06. The maximum absolute atomic E-state index is 12.4. The van der Waals surface area contributed by atoms with Gasteiger partial charge in [0.25, 0.3) is 0 Å². The molecule has 18 heavy (non-hydrogen) atoms. The van der Waals surface area contributed by atoms with Crippen LogP contribution in [0.4, 0.5) is 13.2 Å². The summed E-state index contributed by atoms with van der Waals surface area (Å²) in [5.41, 5.74) is 0.626. The number of nitrogens with one attached hydrogen (secondary N) is 1. The Bertz CT molecular complexity index is 651. The van der Waals surface area contributed by atoms with E-state index in [1.54, 1.807) is 0 Å². The lowest BCUT2D eigenvalue weighted by atomic mass is 10.2. The van der Waals surface area contributed by atoms with E-state index in [9.17, 15) is 13.2 Å². The summed E-state index contributed by atoms with van der Waals surface area (Å²) < 4.78 is 37.2. The molecule has 5 nitrogen and oxygen atoms in total. The second kappa shape index (κ2) is 3.56. The Morgan fingerprint density at radius 2 is 1.78 bits per heavy atom. The summed E-state index contributed by atoms with van der Waals surface area (Å²) in [7, 11) is 0. The number of aromatic nitrogens is 5. The van der Waals surface area contributed by atoms with Gasteiger partial charge in [0.1, 0.15) is 0 Å². The summed E-state index contributed by atoms with van der Waals surface area (Å²) in [4.78, 5) is 7.88. The Morgan fingerprint density at radius 1 is 1.06 bits per heavy atom. The smallest absolute Gasteiger partial charge is 0.326 e. The second-order valence-corrected chi connectivity index (χ2v) is 3.61. The second-order valence-electron chi connectivity index (χ2n) is 3.61. The summed E-state index contributed by atoms with van der Waals surface area (Å²) in [5.74, 6) is 0. The van der Waals surface area contributed by atoms with E-state index in [1.807, 2.05) is 0 Å². The van der Waals surface area contributed by atoms with E-state index < -0.39 is 11.7 Å². The zero-order valence-electron chi connectivity index (χ0n) is 8.81. The molecule has 0 aliphatic rings. The molecule has 8 heteroatoms. The predicted octanol–water partition coefficient (Wildman–Crippen LogP) is 2.16. The topological polar surface area (TPSA) is 59.4 Å².